The predicted molar refractivity (Wildman–Crippen MR) is 63.0 cm³/mol. The molecule has 0 fully saturated rings. The third-order valence-corrected chi connectivity index (χ3v) is 2.13. The Kier molecular flexibility index (Phi) is 8.11. The molecular formula is C13H21O4-. The van der Waals surface area contributed by atoms with Gasteiger partial charge in [-0.2, -0.15) is 0 Å². The second-order valence-electron chi connectivity index (χ2n) is 4.24. The molecule has 4 nitrogen and oxygen atoms in total. The van der Waals surface area contributed by atoms with Crippen molar-refractivity contribution >= 4 is 11.9 Å². The molecule has 0 aliphatic carbocycles. The number of allylic oxidation sites excluding steroid dienone is 1. The summed E-state index contributed by atoms with van der Waals surface area (Å²) in [5.41, 5.74) is 0. The zero-order chi connectivity index (χ0) is 13.3. The van der Waals surface area contributed by atoms with Gasteiger partial charge in [0, 0.05) is 12.4 Å². The van der Waals surface area contributed by atoms with Crippen LogP contribution in [0.15, 0.2) is 12.2 Å². The molecule has 0 aliphatic rings. The van der Waals surface area contributed by atoms with E-state index in [1.54, 1.807) is 19.9 Å². The molecule has 0 saturated carbocycles. The van der Waals surface area contributed by atoms with Gasteiger partial charge in [0.1, 0.15) is 0 Å². The maximum atomic E-state index is 11.6. The quantitative estimate of drug-likeness (QED) is 0.366. The van der Waals surface area contributed by atoms with Gasteiger partial charge in [-0.1, -0.05) is 31.9 Å². The Balaban J connectivity index is 4.36. The average Bonchev–Trinajstić information content (AvgIpc) is 2.21. The SMILES string of the molecule is CCCCC=CC(CC(=O)[O-])C(=O)OC(C)C. The van der Waals surface area contributed by atoms with E-state index in [-0.39, 0.29) is 12.5 Å². The monoisotopic (exact) mass is 241 g/mol. The van der Waals surface area contributed by atoms with Crippen molar-refractivity contribution in [2.75, 3.05) is 0 Å². The summed E-state index contributed by atoms with van der Waals surface area (Å²) < 4.78 is 4.99. The van der Waals surface area contributed by atoms with E-state index in [9.17, 15) is 14.7 Å². The summed E-state index contributed by atoms with van der Waals surface area (Å²) in [5, 5.41) is 10.5. The Bertz CT molecular complexity index is 269. The van der Waals surface area contributed by atoms with Crippen LogP contribution in [0.3, 0.4) is 0 Å². The van der Waals surface area contributed by atoms with Gasteiger partial charge in [0.2, 0.25) is 0 Å². The van der Waals surface area contributed by atoms with E-state index in [1.165, 1.54) is 0 Å². The summed E-state index contributed by atoms with van der Waals surface area (Å²) in [4.78, 5) is 22.1. The molecule has 17 heavy (non-hydrogen) atoms. The smallest absolute Gasteiger partial charge is 0.313 e. The van der Waals surface area contributed by atoms with Crippen LogP contribution in [0.1, 0.15) is 46.5 Å². The highest BCUT2D eigenvalue weighted by Crippen LogP contribution is 2.10. The van der Waals surface area contributed by atoms with Gasteiger partial charge < -0.3 is 14.6 Å². The molecule has 0 aromatic carbocycles. The first kappa shape index (κ1) is 15.7. The van der Waals surface area contributed by atoms with Gasteiger partial charge in [-0.25, -0.2) is 0 Å². The summed E-state index contributed by atoms with van der Waals surface area (Å²) in [6.07, 6.45) is 5.80. The molecule has 0 rings (SSSR count). The van der Waals surface area contributed by atoms with Crippen LogP contribution < -0.4 is 5.11 Å². The van der Waals surface area contributed by atoms with E-state index >= 15 is 0 Å². The first-order chi connectivity index (χ1) is 7.97. The van der Waals surface area contributed by atoms with Crippen molar-refractivity contribution in [2.45, 2.75) is 52.6 Å². The molecule has 0 aromatic heterocycles. The number of carboxylic acids is 1. The Hall–Kier alpha value is -1.32. The minimum absolute atomic E-state index is 0.240. The normalized spacial score (nSPS) is 12.9. The molecule has 0 heterocycles. The van der Waals surface area contributed by atoms with Gasteiger partial charge in [-0.15, -0.1) is 0 Å². The summed E-state index contributed by atoms with van der Waals surface area (Å²) in [5.74, 6) is -2.48. The Morgan fingerprint density at radius 2 is 2.00 bits per heavy atom. The molecule has 4 heteroatoms. The van der Waals surface area contributed by atoms with E-state index in [0.29, 0.717) is 0 Å². The van der Waals surface area contributed by atoms with Crippen LogP contribution in [0, 0.1) is 5.92 Å². The van der Waals surface area contributed by atoms with Crippen LogP contribution in [0.25, 0.3) is 0 Å². The fraction of sp³-hybridized carbons (Fsp3) is 0.692. The molecule has 0 amide bonds. The molecule has 1 unspecified atom stereocenters. The fourth-order valence-corrected chi connectivity index (χ4v) is 1.31. The number of carbonyl (C=O) groups is 2. The van der Waals surface area contributed by atoms with Crippen molar-refractivity contribution in [3.63, 3.8) is 0 Å². The second-order valence-corrected chi connectivity index (χ2v) is 4.24. The second kappa shape index (κ2) is 8.79. The number of aliphatic carboxylic acids is 1. The van der Waals surface area contributed by atoms with Crippen molar-refractivity contribution < 1.29 is 19.4 Å². The average molecular weight is 241 g/mol. The van der Waals surface area contributed by atoms with Gasteiger partial charge in [-0.05, 0) is 20.3 Å². The molecule has 98 valence electrons. The lowest BCUT2D eigenvalue weighted by molar-refractivity contribution is -0.306. The van der Waals surface area contributed by atoms with Crippen LogP contribution in [-0.2, 0) is 14.3 Å². The highest BCUT2D eigenvalue weighted by Gasteiger charge is 2.18. The van der Waals surface area contributed by atoms with E-state index in [2.05, 4.69) is 6.92 Å². The molecule has 0 aromatic rings. The van der Waals surface area contributed by atoms with Gasteiger partial charge in [-0.3, -0.25) is 4.79 Å². The van der Waals surface area contributed by atoms with E-state index < -0.39 is 17.9 Å². The van der Waals surface area contributed by atoms with Gasteiger partial charge >= 0.3 is 5.97 Å². The zero-order valence-electron chi connectivity index (χ0n) is 10.8. The molecule has 0 aliphatic heterocycles. The lowest BCUT2D eigenvalue weighted by Gasteiger charge is -2.15. The minimum atomic E-state index is -1.24. The molecule has 0 radical (unpaired) electrons. The summed E-state index contributed by atoms with van der Waals surface area (Å²) in [7, 11) is 0. The number of carboxylic acid groups (broad SMARTS) is 1. The maximum absolute atomic E-state index is 11.6. The summed E-state index contributed by atoms with van der Waals surface area (Å²) in [6.45, 7) is 5.53. The molecule has 0 N–H and O–H groups in total. The molecule has 0 spiro atoms. The molecule has 1 atom stereocenters. The molecule has 0 saturated heterocycles. The first-order valence-electron chi connectivity index (χ1n) is 6.04. The zero-order valence-corrected chi connectivity index (χ0v) is 10.8. The maximum Gasteiger partial charge on any atom is 0.313 e. The Morgan fingerprint density at radius 3 is 2.47 bits per heavy atom. The van der Waals surface area contributed by atoms with Gasteiger partial charge in [0.25, 0.3) is 0 Å². The number of ether oxygens (including phenoxy) is 1. The Labute approximate surface area is 103 Å². The number of unbranched alkanes of at least 4 members (excludes halogenated alkanes) is 2. The number of rotatable bonds is 8. The van der Waals surface area contributed by atoms with Crippen LogP contribution in [0.5, 0.6) is 0 Å². The van der Waals surface area contributed by atoms with Gasteiger partial charge in [0.05, 0.1) is 12.0 Å². The highest BCUT2D eigenvalue weighted by molar-refractivity contribution is 5.80. The summed E-state index contributed by atoms with van der Waals surface area (Å²) >= 11 is 0. The van der Waals surface area contributed by atoms with Crippen molar-refractivity contribution in [2.24, 2.45) is 5.92 Å². The third-order valence-electron chi connectivity index (χ3n) is 2.13. The van der Waals surface area contributed by atoms with E-state index in [1.807, 2.05) is 6.08 Å². The van der Waals surface area contributed by atoms with Gasteiger partial charge in [0.15, 0.2) is 0 Å². The minimum Gasteiger partial charge on any atom is -0.550 e. The van der Waals surface area contributed by atoms with Crippen LogP contribution >= 0.6 is 0 Å². The largest absolute Gasteiger partial charge is 0.550 e. The van der Waals surface area contributed by atoms with E-state index in [4.69, 9.17) is 4.74 Å². The number of esters is 1. The molecule has 0 bridgehead atoms. The van der Waals surface area contributed by atoms with E-state index in [0.717, 1.165) is 19.3 Å². The first-order valence-corrected chi connectivity index (χ1v) is 6.04. The molecular weight excluding hydrogens is 220 g/mol. The lowest BCUT2D eigenvalue weighted by atomic mass is 10.0. The van der Waals surface area contributed by atoms with Crippen molar-refractivity contribution in [1.82, 2.24) is 0 Å². The van der Waals surface area contributed by atoms with Crippen molar-refractivity contribution in [3.05, 3.63) is 12.2 Å². The number of hydrogen-bond donors (Lipinski definition) is 0. The summed E-state index contributed by atoms with van der Waals surface area (Å²) in [6, 6.07) is 0. The van der Waals surface area contributed by atoms with Crippen LogP contribution in [0.2, 0.25) is 0 Å². The van der Waals surface area contributed by atoms with Crippen LogP contribution in [0.4, 0.5) is 0 Å². The fourth-order valence-electron chi connectivity index (χ4n) is 1.31. The Morgan fingerprint density at radius 1 is 1.35 bits per heavy atom. The highest BCUT2D eigenvalue weighted by atomic mass is 16.5. The lowest BCUT2D eigenvalue weighted by Crippen LogP contribution is -2.29. The van der Waals surface area contributed by atoms with Crippen molar-refractivity contribution in [1.29, 1.82) is 0 Å². The third kappa shape index (κ3) is 8.48. The predicted octanol–water partition coefficient (Wildman–Crippen LogP) is 1.44. The van der Waals surface area contributed by atoms with Crippen LogP contribution in [-0.4, -0.2) is 18.0 Å². The number of hydrogen-bond acceptors (Lipinski definition) is 4. The number of carbonyl (C=O) groups excluding carboxylic acids is 2. The standard InChI is InChI=1S/C13H22O4/c1-4-5-6-7-8-11(9-12(14)15)13(16)17-10(2)3/h7-8,10-11H,4-6,9H2,1-3H3,(H,14,15)/p-1. The van der Waals surface area contributed by atoms with Crippen molar-refractivity contribution in [3.8, 4) is 0 Å². The topological polar surface area (TPSA) is 66.4 Å².